The van der Waals surface area contributed by atoms with Gasteiger partial charge in [0.15, 0.2) is 0 Å². The number of sulfonamides is 1. The van der Waals surface area contributed by atoms with E-state index in [0.717, 1.165) is 24.0 Å². The largest absolute Gasteiger partial charge is 0.344 e. The van der Waals surface area contributed by atoms with E-state index in [-0.39, 0.29) is 22.6 Å². The van der Waals surface area contributed by atoms with E-state index in [0.29, 0.717) is 18.1 Å². The van der Waals surface area contributed by atoms with Crippen LogP contribution in [0.5, 0.6) is 0 Å². The first kappa shape index (κ1) is 22.5. The zero-order valence-corrected chi connectivity index (χ0v) is 19.2. The fourth-order valence-electron chi connectivity index (χ4n) is 3.67. The van der Waals surface area contributed by atoms with Crippen molar-refractivity contribution in [3.05, 3.63) is 90.1 Å². The second-order valence-electron chi connectivity index (χ2n) is 7.55. The lowest BCUT2D eigenvalue weighted by molar-refractivity contribution is -0.119. The summed E-state index contributed by atoms with van der Waals surface area (Å²) in [6, 6.07) is 22.7. The summed E-state index contributed by atoms with van der Waals surface area (Å²) < 4.78 is 26.7. The van der Waals surface area contributed by atoms with Crippen LogP contribution < -0.4 is 5.32 Å². The molecular formula is C24H25N3O3S2. The summed E-state index contributed by atoms with van der Waals surface area (Å²) in [5.74, 6) is 0.0600. The van der Waals surface area contributed by atoms with Gasteiger partial charge in [-0.3, -0.25) is 4.79 Å². The average molecular weight is 468 g/mol. The molecule has 2 aromatic carbocycles. The molecule has 6 nitrogen and oxygen atoms in total. The normalized spacial score (nSPS) is 14.5. The van der Waals surface area contributed by atoms with E-state index in [1.807, 2.05) is 60.7 Å². The van der Waals surface area contributed by atoms with Gasteiger partial charge in [0.05, 0.1) is 16.8 Å². The summed E-state index contributed by atoms with van der Waals surface area (Å²) >= 11 is 1.28. The summed E-state index contributed by atoms with van der Waals surface area (Å²) in [7, 11) is -3.48. The lowest BCUT2D eigenvalue weighted by Gasteiger charge is -2.20. The molecule has 0 saturated carbocycles. The Hall–Kier alpha value is -2.68. The third-order valence-corrected chi connectivity index (χ3v) is 8.16. The van der Waals surface area contributed by atoms with E-state index in [2.05, 4.69) is 10.3 Å². The van der Waals surface area contributed by atoms with Crippen molar-refractivity contribution < 1.29 is 13.2 Å². The highest BCUT2D eigenvalue weighted by atomic mass is 32.2. The Kier molecular flexibility index (Phi) is 7.24. The van der Waals surface area contributed by atoms with Crippen molar-refractivity contribution in [3.8, 4) is 0 Å². The van der Waals surface area contributed by atoms with E-state index in [1.54, 1.807) is 12.1 Å². The van der Waals surface area contributed by atoms with Crippen molar-refractivity contribution >= 4 is 27.7 Å². The zero-order chi connectivity index (χ0) is 22.4. The Balaban J connectivity index is 1.39. The Morgan fingerprint density at radius 1 is 0.938 bits per heavy atom. The molecule has 1 aromatic heterocycles. The lowest BCUT2D eigenvalue weighted by Crippen LogP contribution is -2.30. The highest BCUT2D eigenvalue weighted by molar-refractivity contribution is 7.99. The summed E-state index contributed by atoms with van der Waals surface area (Å²) in [5, 5.41) is 3.71. The lowest BCUT2D eigenvalue weighted by atomic mass is 9.99. The minimum absolute atomic E-state index is 0.122. The number of aromatic nitrogens is 1. The molecule has 1 aliphatic heterocycles. The first-order valence-electron chi connectivity index (χ1n) is 10.5. The van der Waals surface area contributed by atoms with Gasteiger partial charge in [-0.2, -0.15) is 4.31 Å². The predicted molar refractivity (Wildman–Crippen MR) is 126 cm³/mol. The van der Waals surface area contributed by atoms with Crippen molar-refractivity contribution in [3.63, 3.8) is 0 Å². The molecule has 0 radical (unpaired) electrons. The monoisotopic (exact) mass is 467 g/mol. The maximum Gasteiger partial charge on any atom is 0.244 e. The summed E-state index contributed by atoms with van der Waals surface area (Å²) in [6.07, 6.45) is 3.16. The molecule has 1 amide bonds. The van der Waals surface area contributed by atoms with Crippen LogP contribution in [-0.2, 0) is 14.8 Å². The third-order valence-electron chi connectivity index (χ3n) is 5.33. The molecule has 8 heteroatoms. The summed E-state index contributed by atoms with van der Waals surface area (Å²) in [6.45, 7) is 1.12. The Bertz CT molecular complexity index is 1090. The van der Waals surface area contributed by atoms with E-state index in [1.165, 1.54) is 22.3 Å². The van der Waals surface area contributed by atoms with Gasteiger partial charge in [-0.25, -0.2) is 13.4 Å². The van der Waals surface area contributed by atoms with Gasteiger partial charge in [0, 0.05) is 19.3 Å². The quantitative estimate of drug-likeness (QED) is 0.509. The summed E-state index contributed by atoms with van der Waals surface area (Å²) in [5.41, 5.74) is 2.01. The molecule has 0 bridgehead atoms. The molecule has 0 aliphatic carbocycles. The van der Waals surface area contributed by atoms with Gasteiger partial charge in [0.2, 0.25) is 15.9 Å². The number of nitrogens with one attached hydrogen (secondary N) is 1. The van der Waals surface area contributed by atoms with Crippen molar-refractivity contribution in [2.24, 2.45) is 0 Å². The van der Waals surface area contributed by atoms with Crippen LogP contribution in [0.1, 0.15) is 30.0 Å². The van der Waals surface area contributed by atoms with Crippen LogP contribution in [-0.4, -0.2) is 42.5 Å². The number of benzene rings is 2. The molecule has 4 rings (SSSR count). The van der Waals surface area contributed by atoms with Crippen LogP contribution in [0.2, 0.25) is 0 Å². The van der Waals surface area contributed by atoms with Gasteiger partial charge >= 0.3 is 0 Å². The standard InChI is InChI=1S/C24H25N3O3S2/c28-22(26-24(19-9-3-1-4-10-19)20-11-5-2-6-12-20)18-31-23-14-13-21(17-25-23)32(29,30)27-15-7-8-16-27/h1-6,9-14,17,24H,7-8,15-16,18H2,(H,26,28). The minimum Gasteiger partial charge on any atom is -0.344 e. The van der Waals surface area contributed by atoms with E-state index in [4.69, 9.17) is 0 Å². The van der Waals surface area contributed by atoms with Crippen molar-refractivity contribution in [1.29, 1.82) is 0 Å². The smallest absolute Gasteiger partial charge is 0.244 e. The van der Waals surface area contributed by atoms with Gasteiger partial charge in [0.25, 0.3) is 0 Å². The highest BCUT2D eigenvalue weighted by Gasteiger charge is 2.27. The van der Waals surface area contributed by atoms with E-state index in [9.17, 15) is 13.2 Å². The molecule has 0 atom stereocenters. The second kappa shape index (κ2) is 10.3. The maximum absolute atomic E-state index is 12.7. The van der Waals surface area contributed by atoms with Gasteiger partial charge < -0.3 is 5.32 Å². The number of hydrogen-bond donors (Lipinski definition) is 1. The van der Waals surface area contributed by atoms with Crippen molar-refractivity contribution in [2.45, 2.75) is 28.8 Å². The molecule has 32 heavy (non-hydrogen) atoms. The number of carbonyl (C=O) groups is 1. The number of nitrogens with zero attached hydrogens (tertiary/aromatic N) is 2. The number of amides is 1. The Morgan fingerprint density at radius 3 is 2.06 bits per heavy atom. The van der Waals surface area contributed by atoms with E-state index < -0.39 is 10.0 Å². The second-order valence-corrected chi connectivity index (χ2v) is 10.5. The average Bonchev–Trinajstić information content (AvgIpc) is 3.39. The SMILES string of the molecule is O=C(CSc1ccc(S(=O)(=O)N2CCCC2)cn1)NC(c1ccccc1)c1ccccc1. The predicted octanol–water partition coefficient (Wildman–Crippen LogP) is 3.86. The number of hydrogen-bond acceptors (Lipinski definition) is 5. The van der Waals surface area contributed by atoms with Crippen LogP contribution in [0.4, 0.5) is 0 Å². The molecule has 1 fully saturated rings. The first-order chi connectivity index (χ1) is 15.5. The number of carbonyl (C=O) groups excluding carboxylic acids is 1. The molecule has 3 aromatic rings. The Morgan fingerprint density at radius 2 is 1.53 bits per heavy atom. The summed E-state index contributed by atoms with van der Waals surface area (Å²) in [4.78, 5) is 17.2. The van der Waals surface area contributed by atoms with E-state index >= 15 is 0 Å². The fraction of sp³-hybridized carbons (Fsp3) is 0.250. The van der Waals surface area contributed by atoms with Gasteiger partial charge in [-0.1, -0.05) is 72.4 Å². The molecule has 166 valence electrons. The Labute approximate surface area is 193 Å². The van der Waals surface area contributed by atoms with Gasteiger partial charge in [-0.15, -0.1) is 0 Å². The van der Waals surface area contributed by atoms with Crippen LogP contribution in [0, 0.1) is 0 Å². The fourth-order valence-corrected chi connectivity index (χ4v) is 5.79. The number of rotatable bonds is 8. The minimum atomic E-state index is -3.48. The van der Waals surface area contributed by atoms with Crippen LogP contribution in [0.15, 0.2) is 88.9 Å². The number of pyridine rings is 1. The third kappa shape index (κ3) is 5.38. The van der Waals surface area contributed by atoms with Crippen molar-refractivity contribution in [2.75, 3.05) is 18.8 Å². The van der Waals surface area contributed by atoms with Crippen LogP contribution in [0.25, 0.3) is 0 Å². The number of thioether (sulfide) groups is 1. The topological polar surface area (TPSA) is 79.4 Å². The first-order valence-corrected chi connectivity index (χ1v) is 12.9. The molecule has 1 aliphatic rings. The molecular weight excluding hydrogens is 442 g/mol. The maximum atomic E-state index is 12.7. The van der Waals surface area contributed by atoms with Gasteiger partial charge in [0.1, 0.15) is 4.90 Å². The molecule has 1 N–H and O–H groups in total. The van der Waals surface area contributed by atoms with Gasteiger partial charge in [-0.05, 0) is 36.1 Å². The molecule has 0 unspecified atom stereocenters. The van der Waals surface area contributed by atoms with Crippen LogP contribution in [0.3, 0.4) is 0 Å². The van der Waals surface area contributed by atoms with Crippen molar-refractivity contribution in [1.82, 2.24) is 14.6 Å². The zero-order valence-electron chi connectivity index (χ0n) is 17.6. The molecule has 2 heterocycles. The highest BCUT2D eigenvalue weighted by Crippen LogP contribution is 2.24. The molecule has 1 saturated heterocycles. The van der Waals surface area contributed by atoms with Crippen LogP contribution >= 0.6 is 11.8 Å². The molecule has 0 spiro atoms.